The van der Waals surface area contributed by atoms with E-state index in [1.54, 1.807) is 0 Å². The molecule has 15 rings (SSSR count). The maximum absolute atomic E-state index is 14.3. The lowest BCUT2D eigenvalue weighted by molar-refractivity contribution is 0.627. The third-order valence-corrected chi connectivity index (χ3v) is 18.7. The Labute approximate surface area is 497 Å². The standard InChI is InChI=1S/C81H62F2N2/c1-79(2)73-43-51(15-17-53-21-39-69-71-41-35-65(49-77(71)80(3,4)75(69)45-53)84(61-31-25-59(82)26-32-61)63-29-23-55-11-7-9-13-57(55)47-63)19-37-67(73)68-38-20-52(44-74(68)79)16-18-54-22-40-70-72-42-36-66(50-78(72)81(5,6)76(70)46-54)85(62-33-27-60(83)28-34-62)64-30-24-56-12-8-10-14-58(56)48-64/h7-50H,1-6H3/b17-15+,18-16+. The highest BCUT2D eigenvalue weighted by Gasteiger charge is 2.39. The van der Waals surface area contributed by atoms with Gasteiger partial charge in [-0.15, -0.1) is 0 Å². The highest BCUT2D eigenvalue weighted by Crippen LogP contribution is 2.54. The molecule has 0 saturated heterocycles. The van der Waals surface area contributed by atoms with Crippen LogP contribution in [0.5, 0.6) is 0 Å². The predicted octanol–water partition coefficient (Wildman–Crippen LogP) is 22.5. The monoisotopic (exact) mass is 1100 g/mol. The summed E-state index contributed by atoms with van der Waals surface area (Å²) >= 11 is 0. The normalized spacial score (nSPS) is 14.5. The van der Waals surface area contributed by atoms with Crippen molar-refractivity contribution in [3.05, 3.63) is 310 Å². The van der Waals surface area contributed by atoms with Crippen LogP contribution in [0.3, 0.4) is 0 Å². The Morgan fingerprint density at radius 2 is 0.494 bits per heavy atom. The van der Waals surface area contributed by atoms with Crippen molar-refractivity contribution in [1.82, 2.24) is 0 Å². The largest absolute Gasteiger partial charge is 0.310 e. The fraction of sp³-hybridized carbons (Fsp3) is 0.111. The summed E-state index contributed by atoms with van der Waals surface area (Å²) in [5.41, 5.74) is 25.3. The van der Waals surface area contributed by atoms with Crippen LogP contribution < -0.4 is 9.80 Å². The summed E-state index contributed by atoms with van der Waals surface area (Å²) in [4.78, 5) is 4.47. The molecule has 0 amide bonds. The van der Waals surface area contributed by atoms with E-state index < -0.39 is 0 Å². The minimum atomic E-state index is -0.256. The van der Waals surface area contributed by atoms with Gasteiger partial charge in [-0.25, -0.2) is 8.78 Å². The molecule has 0 heterocycles. The molecule has 12 aromatic rings. The molecule has 0 unspecified atom stereocenters. The molecule has 4 heteroatoms. The molecule has 0 atom stereocenters. The molecule has 0 fully saturated rings. The van der Waals surface area contributed by atoms with Crippen molar-refractivity contribution < 1.29 is 8.78 Å². The SMILES string of the molecule is CC1(C)c2cc(/C=C/c3ccc4c(c3)C(C)(C)c3cc(N(c5ccc(F)cc5)c5ccc6ccccc6c5)ccc3-4)ccc2-c2ccc(/C=C/c3ccc4c(c3)C(C)(C)c3cc(N(c5ccc(F)cc5)c5ccc6ccccc6c5)ccc3-4)cc21. The molecule has 0 aromatic heterocycles. The zero-order chi connectivity index (χ0) is 57.9. The van der Waals surface area contributed by atoms with Gasteiger partial charge in [-0.3, -0.25) is 0 Å². The van der Waals surface area contributed by atoms with Gasteiger partial charge in [0.25, 0.3) is 0 Å². The zero-order valence-electron chi connectivity index (χ0n) is 48.6. The average molecular weight is 1100 g/mol. The third kappa shape index (κ3) is 8.73. The number of rotatable bonds is 10. The number of nitrogens with zero attached hydrogens (tertiary/aromatic N) is 2. The molecule has 12 aromatic carbocycles. The fourth-order valence-corrected chi connectivity index (χ4v) is 14.0. The van der Waals surface area contributed by atoms with Crippen molar-refractivity contribution in [3.63, 3.8) is 0 Å². The number of hydrogen-bond donors (Lipinski definition) is 0. The minimum absolute atomic E-state index is 0.191. The first-order valence-electron chi connectivity index (χ1n) is 29.5. The van der Waals surface area contributed by atoms with Gasteiger partial charge in [-0.1, -0.05) is 211 Å². The van der Waals surface area contributed by atoms with Crippen LogP contribution >= 0.6 is 0 Å². The first-order chi connectivity index (χ1) is 41.1. The first kappa shape index (κ1) is 51.9. The second-order valence-corrected chi connectivity index (χ2v) is 24.9. The van der Waals surface area contributed by atoms with Gasteiger partial charge in [0.1, 0.15) is 11.6 Å². The summed E-state index contributed by atoms with van der Waals surface area (Å²) in [5, 5.41) is 4.67. The summed E-state index contributed by atoms with van der Waals surface area (Å²) in [7, 11) is 0. The molecule has 410 valence electrons. The van der Waals surface area contributed by atoms with Gasteiger partial charge >= 0.3 is 0 Å². The van der Waals surface area contributed by atoms with Gasteiger partial charge in [0.2, 0.25) is 0 Å². The summed E-state index contributed by atoms with van der Waals surface area (Å²) in [6.07, 6.45) is 9.04. The van der Waals surface area contributed by atoms with Crippen LogP contribution in [0.15, 0.2) is 243 Å². The number of anilines is 6. The number of hydrogen-bond acceptors (Lipinski definition) is 2. The van der Waals surface area contributed by atoms with E-state index in [0.717, 1.165) is 56.0 Å². The van der Waals surface area contributed by atoms with E-state index in [9.17, 15) is 8.78 Å². The first-order valence-corrected chi connectivity index (χ1v) is 29.5. The predicted molar refractivity (Wildman–Crippen MR) is 354 cm³/mol. The minimum Gasteiger partial charge on any atom is -0.310 e. The van der Waals surface area contributed by atoms with E-state index in [1.807, 2.05) is 24.3 Å². The molecular weight excluding hydrogens is 1040 g/mol. The molecule has 0 spiro atoms. The Bertz CT molecular complexity index is 4470. The van der Waals surface area contributed by atoms with Crippen LogP contribution in [0.4, 0.5) is 42.9 Å². The van der Waals surface area contributed by atoms with Crippen LogP contribution in [0.1, 0.15) is 97.2 Å². The van der Waals surface area contributed by atoms with E-state index in [0.29, 0.717) is 0 Å². The number of fused-ring (bicyclic) bond motifs is 11. The highest BCUT2D eigenvalue weighted by molar-refractivity contribution is 5.94. The van der Waals surface area contributed by atoms with Crippen molar-refractivity contribution in [3.8, 4) is 33.4 Å². The lowest BCUT2D eigenvalue weighted by atomic mass is 9.81. The van der Waals surface area contributed by atoms with Crippen molar-refractivity contribution in [2.24, 2.45) is 0 Å². The molecule has 3 aliphatic rings. The molecule has 0 aliphatic heterocycles. The Kier molecular flexibility index (Phi) is 12.0. The molecule has 2 nitrogen and oxygen atoms in total. The van der Waals surface area contributed by atoms with Gasteiger partial charge in [-0.05, 0) is 208 Å². The van der Waals surface area contributed by atoms with Crippen molar-refractivity contribution in [2.45, 2.75) is 57.8 Å². The second-order valence-electron chi connectivity index (χ2n) is 24.9. The van der Waals surface area contributed by atoms with Gasteiger partial charge in [0, 0.05) is 50.4 Å². The van der Waals surface area contributed by atoms with Gasteiger partial charge < -0.3 is 9.80 Å². The van der Waals surface area contributed by atoms with Gasteiger partial charge in [0.15, 0.2) is 0 Å². The maximum Gasteiger partial charge on any atom is 0.123 e. The van der Waals surface area contributed by atoms with Crippen LogP contribution in [0.2, 0.25) is 0 Å². The second kappa shape index (κ2) is 19.6. The smallest absolute Gasteiger partial charge is 0.123 e. The van der Waals surface area contributed by atoms with Crippen molar-refractivity contribution >= 4 is 80.0 Å². The molecular formula is C81H62F2N2. The third-order valence-electron chi connectivity index (χ3n) is 18.7. The number of halogens is 2. The van der Waals surface area contributed by atoms with E-state index in [1.165, 1.54) is 113 Å². The van der Waals surface area contributed by atoms with E-state index in [-0.39, 0.29) is 27.9 Å². The molecule has 0 radical (unpaired) electrons. The summed E-state index contributed by atoms with van der Waals surface area (Å²) in [6, 6.07) is 84.7. The topological polar surface area (TPSA) is 6.48 Å². The molecule has 85 heavy (non-hydrogen) atoms. The lowest BCUT2D eigenvalue weighted by Gasteiger charge is -2.28. The van der Waals surface area contributed by atoms with Crippen LogP contribution in [0.25, 0.3) is 79.2 Å². The summed E-state index contributed by atoms with van der Waals surface area (Å²) in [6.45, 7) is 14.0. The zero-order valence-corrected chi connectivity index (χ0v) is 48.6. The van der Waals surface area contributed by atoms with Gasteiger partial charge in [-0.2, -0.15) is 0 Å². The fourth-order valence-electron chi connectivity index (χ4n) is 14.0. The maximum atomic E-state index is 14.3. The van der Waals surface area contributed by atoms with E-state index in [2.05, 4.69) is 270 Å². The highest BCUT2D eigenvalue weighted by atomic mass is 19.1. The quantitative estimate of drug-likeness (QED) is 0.126. The van der Waals surface area contributed by atoms with Gasteiger partial charge in [0.05, 0.1) is 0 Å². The van der Waals surface area contributed by atoms with Crippen LogP contribution in [0, 0.1) is 11.6 Å². The Balaban J connectivity index is 0.666. The Hall–Kier alpha value is -9.90. The number of benzene rings is 12. The molecule has 0 bridgehead atoms. The molecule has 3 aliphatic carbocycles. The van der Waals surface area contributed by atoms with Crippen LogP contribution in [-0.4, -0.2) is 0 Å². The van der Waals surface area contributed by atoms with E-state index >= 15 is 0 Å². The van der Waals surface area contributed by atoms with Crippen molar-refractivity contribution in [2.75, 3.05) is 9.80 Å². The van der Waals surface area contributed by atoms with Crippen LogP contribution in [-0.2, 0) is 16.2 Å². The van der Waals surface area contributed by atoms with E-state index in [4.69, 9.17) is 0 Å². The Morgan fingerprint density at radius 1 is 0.247 bits per heavy atom. The lowest BCUT2D eigenvalue weighted by Crippen LogP contribution is -2.16. The average Bonchev–Trinajstić information content (AvgIpc) is 1.76. The molecule has 0 N–H and O–H groups in total. The molecule has 0 saturated carbocycles. The van der Waals surface area contributed by atoms with Crippen molar-refractivity contribution in [1.29, 1.82) is 0 Å². The summed E-state index contributed by atoms with van der Waals surface area (Å²) in [5.74, 6) is -0.509. The summed E-state index contributed by atoms with van der Waals surface area (Å²) < 4.78 is 28.6. The Morgan fingerprint density at radius 3 is 0.812 bits per heavy atom.